The molecule has 0 amide bonds. The van der Waals surface area contributed by atoms with Crippen LogP contribution in [0.15, 0.2) is 142 Å². The van der Waals surface area contributed by atoms with Gasteiger partial charge in [0.2, 0.25) is 0 Å². The van der Waals surface area contributed by atoms with Crippen LogP contribution in [0.3, 0.4) is 0 Å². The summed E-state index contributed by atoms with van der Waals surface area (Å²) >= 11 is 2.13. The maximum absolute atomic E-state index is 4.19. The summed E-state index contributed by atoms with van der Waals surface area (Å²) in [6.45, 7) is 0. The van der Waals surface area contributed by atoms with Crippen molar-refractivity contribution < 1.29 is 0 Å². The second kappa shape index (κ2) is 10.8. The standard InChI is InChI=1S/C42H44N2S/c1-3-10-29-24-31(18-16-26(29)8-1)41-43-42(32-19-17-27-9-2-4-11-30(27)25-32)44(41)36-14-7-13-34-33(36)22-20-28-21-23-38-40(39(28)34)35-12-5-6-15-37(35)45-38/h1,3-4,6-8,10-11,13-19,21,23,27,29-30,32-34,38,40-43H,2,5,9,12,20,22,24-25H2. The van der Waals surface area contributed by atoms with Crippen LogP contribution in [0.5, 0.6) is 0 Å². The SMILES string of the molecule is C1=CC2=CC=C(C3NC(C4C=CC5CCC=CC5C4)N3C3=CC=CC4C5=C(C=CC6SC7=C(CCC=C7)C56)CCC34)CC2C=C1. The fourth-order valence-corrected chi connectivity index (χ4v) is 11.9. The van der Waals surface area contributed by atoms with Crippen LogP contribution >= 0.6 is 11.8 Å². The molecule has 0 spiro atoms. The molecule has 0 radical (unpaired) electrons. The van der Waals surface area contributed by atoms with Crippen molar-refractivity contribution in [1.82, 2.24) is 10.2 Å². The van der Waals surface area contributed by atoms with Crippen LogP contribution in [0.4, 0.5) is 0 Å². The van der Waals surface area contributed by atoms with Crippen molar-refractivity contribution in [2.75, 3.05) is 0 Å². The van der Waals surface area contributed by atoms with Gasteiger partial charge in [-0.2, -0.15) is 0 Å². The molecule has 10 atom stereocenters. The molecular weight excluding hydrogens is 565 g/mol. The van der Waals surface area contributed by atoms with E-state index in [0.29, 0.717) is 46.9 Å². The normalized spacial score (nSPS) is 41.8. The Morgan fingerprint density at radius 1 is 0.778 bits per heavy atom. The van der Waals surface area contributed by atoms with Crippen LogP contribution in [0, 0.1) is 41.4 Å². The highest BCUT2D eigenvalue weighted by molar-refractivity contribution is 8.04. The highest BCUT2D eigenvalue weighted by Gasteiger charge is 2.51. The van der Waals surface area contributed by atoms with Crippen molar-refractivity contribution in [2.45, 2.75) is 68.9 Å². The summed E-state index contributed by atoms with van der Waals surface area (Å²) in [6.07, 6.45) is 52.1. The quantitative estimate of drug-likeness (QED) is 0.322. The Morgan fingerprint density at radius 2 is 1.76 bits per heavy atom. The molecule has 45 heavy (non-hydrogen) atoms. The van der Waals surface area contributed by atoms with Gasteiger partial charge in [0.25, 0.3) is 0 Å². The van der Waals surface area contributed by atoms with Gasteiger partial charge in [0.1, 0.15) is 6.17 Å². The zero-order valence-electron chi connectivity index (χ0n) is 26.1. The molecule has 8 aliphatic carbocycles. The first kappa shape index (κ1) is 27.1. The predicted molar refractivity (Wildman–Crippen MR) is 188 cm³/mol. The second-order valence-electron chi connectivity index (χ2n) is 14.9. The van der Waals surface area contributed by atoms with Gasteiger partial charge < -0.3 is 4.90 Å². The van der Waals surface area contributed by atoms with E-state index in [1.807, 2.05) is 0 Å². The minimum Gasteiger partial charge on any atom is -0.339 e. The number of thioether (sulfide) groups is 1. The van der Waals surface area contributed by atoms with Crippen LogP contribution in [-0.4, -0.2) is 22.5 Å². The lowest BCUT2D eigenvalue weighted by atomic mass is 9.63. The number of hydrogen-bond acceptors (Lipinski definition) is 3. The van der Waals surface area contributed by atoms with E-state index in [1.54, 1.807) is 32.9 Å². The number of nitrogens with zero attached hydrogens (tertiary/aromatic N) is 1. The van der Waals surface area contributed by atoms with E-state index in [2.05, 4.69) is 125 Å². The maximum atomic E-state index is 4.19. The highest BCUT2D eigenvalue weighted by atomic mass is 32.2. The molecule has 0 aromatic heterocycles. The van der Waals surface area contributed by atoms with Crippen molar-refractivity contribution in [1.29, 1.82) is 0 Å². The molecule has 0 bridgehead atoms. The van der Waals surface area contributed by atoms with Crippen molar-refractivity contribution in [2.24, 2.45) is 41.4 Å². The van der Waals surface area contributed by atoms with E-state index >= 15 is 0 Å². The molecule has 3 heteroatoms. The topological polar surface area (TPSA) is 15.3 Å². The maximum Gasteiger partial charge on any atom is 0.105 e. The van der Waals surface area contributed by atoms with Gasteiger partial charge in [-0.3, -0.25) is 5.32 Å². The molecule has 10 rings (SSSR count). The minimum atomic E-state index is 0.285. The monoisotopic (exact) mass is 608 g/mol. The average Bonchev–Trinajstić information content (AvgIpc) is 3.47. The Labute approximate surface area is 273 Å². The summed E-state index contributed by atoms with van der Waals surface area (Å²) in [6, 6.07) is 0. The van der Waals surface area contributed by atoms with E-state index in [-0.39, 0.29) is 6.17 Å². The number of hydrogen-bond donors (Lipinski definition) is 1. The van der Waals surface area contributed by atoms with Gasteiger partial charge in [-0.1, -0.05) is 103 Å². The summed E-state index contributed by atoms with van der Waals surface area (Å²) in [7, 11) is 0. The van der Waals surface area contributed by atoms with E-state index in [9.17, 15) is 0 Å². The van der Waals surface area contributed by atoms with Crippen molar-refractivity contribution >= 4 is 11.8 Å². The van der Waals surface area contributed by atoms with Gasteiger partial charge in [0, 0.05) is 45.4 Å². The molecular formula is C42H44N2S. The Balaban J connectivity index is 1.00. The molecule has 228 valence electrons. The lowest BCUT2D eigenvalue weighted by Crippen LogP contribution is -2.72. The lowest BCUT2D eigenvalue weighted by Gasteiger charge is -2.59. The summed E-state index contributed by atoms with van der Waals surface area (Å²) in [5.41, 5.74) is 9.77. The number of rotatable bonds is 3. The third-order valence-electron chi connectivity index (χ3n) is 12.6. The van der Waals surface area contributed by atoms with Gasteiger partial charge in [-0.25, -0.2) is 0 Å². The van der Waals surface area contributed by atoms with Gasteiger partial charge in [0.15, 0.2) is 0 Å². The van der Waals surface area contributed by atoms with E-state index in [4.69, 9.17) is 0 Å². The second-order valence-corrected chi connectivity index (χ2v) is 16.1. The molecule has 0 aromatic rings. The van der Waals surface area contributed by atoms with Crippen LogP contribution in [0.1, 0.15) is 51.4 Å². The minimum absolute atomic E-state index is 0.285. The Morgan fingerprint density at radius 3 is 2.76 bits per heavy atom. The van der Waals surface area contributed by atoms with E-state index < -0.39 is 0 Å². The highest BCUT2D eigenvalue weighted by Crippen LogP contribution is 2.58. The average molecular weight is 609 g/mol. The van der Waals surface area contributed by atoms with Crippen LogP contribution < -0.4 is 5.32 Å². The Kier molecular flexibility index (Phi) is 6.50. The smallest absolute Gasteiger partial charge is 0.105 e. The fourth-order valence-electron chi connectivity index (χ4n) is 10.5. The first-order valence-electron chi connectivity index (χ1n) is 17.8. The fraction of sp³-hybridized carbons (Fsp3) is 0.429. The summed E-state index contributed by atoms with van der Waals surface area (Å²) in [5.74, 6) is 4.15. The Bertz CT molecular complexity index is 1680. The molecule has 2 nitrogen and oxygen atoms in total. The first-order chi connectivity index (χ1) is 22.3. The summed E-state index contributed by atoms with van der Waals surface area (Å²) < 4.78 is 0. The van der Waals surface area contributed by atoms with Crippen molar-refractivity contribution in [3.8, 4) is 0 Å². The molecule has 1 saturated heterocycles. The van der Waals surface area contributed by atoms with Crippen molar-refractivity contribution in [3.63, 3.8) is 0 Å². The van der Waals surface area contributed by atoms with Crippen LogP contribution in [0.25, 0.3) is 0 Å². The molecule has 1 fully saturated rings. The molecule has 0 aromatic carbocycles. The molecule has 2 aliphatic heterocycles. The predicted octanol–water partition coefficient (Wildman–Crippen LogP) is 9.38. The van der Waals surface area contributed by atoms with Crippen molar-refractivity contribution in [3.05, 3.63) is 142 Å². The first-order valence-corrected chi connectivity index (χ1v) is 18.7. The zero-order chi connectivity index (χ0) is 29.5. The van der Waals surface area contributed by atoms with Crippen LogP contribution in [-0.2, 0) is 0 Å². The van der Waals surface area contributed by atoms with Gasteiger partial charge in [0.05, 0.1) is 6.17 Å². The molecule has 0 saturated carbocycles. The number of allylic oxidation sites excluding steroid dienone is 20. The van der Waals surface area contributed by atoms with Gasteiger partial charge in [-0.15, -0.1) is 11.8 Å². The summed E-state index contributed by atoms with van der Waals surface area (Å²) in [5, 5.41) is 4.77. The van der Waals surface area contributed by atoms with Gasteiger partial charge in [-0.05, 0) is 91.6 Å². The summed E-state index contributed by atoms with van der Waals surface area (Å²) in [4.78, 5) is 4.46. The third kappa shape index (κ3) is 4.33. The van der Waals surface area contributed by atoms with E-state index in [1.165, 1.54) is 50.5 Å². The molecule has 1 N–H and O–H groups in total. The molecule has 2 heterocycles. The van der Waals surface area contributed by atoms with Gasteiger partial charge >= 0.3 is 0 Å². The largest absolute Gasteiger partial charge is 0.339 e. The zero-order valence-corrected chi connectivity index (χ0v) is 26.9. The lowest BCUT2D eigenvalue weighted by molar-refractivity contribution is -0.0209. The van der Waals surface area contributed by atoms with E-state index in [0.717, 1.165) is 12.3 Å². The third-order valence-corrected chi connectivity index (χ3v) is 14.0. The number of fused-ring (bicyclic) bond motifs is 7. The number of nitrogens with one attached hydrogen (secondary N) is 1. The molecule has 10 aliphatic rings. The molecule has 10 unspecified atom stereocenters. The Hall–Kier alpha value is -3.01. The van der Waals surface area contributed by atoms with Crippen LogP contribution in [0.2, 0.25) is 0 Å².